The van der Waals surface area contributed by atoms with Gasteiger partial charge >= 0.3 is 0 Å². The quantitative estimate of drug-likeness (QED) is 0.0603. The number of nitro benzene ring substituents is 2. The molecule has 0 saturated heterocycles. The summed E-state index contributed by atoms with van der Waals surface area (Å²) in [5, 5.41) is 37.7. The molecule has 10 nitrogen and oxygen atoms in total. The van der Waals surface area contributed by atoms with Gasteiger partial charge in [0.25, 0.3) is 11.4 Å². The molecule has 13 rings (SSSR count). The zero-order valence-electron chi connectivity index (χ0n) is 41.5. The number of hydrogen-bond acceptors (Lipinski definition) is 8. The van der Waals surface area contributed by atoms with E-state index in [1.165, 1.54) is 43.1 Å². The van der Waals surface area contributed by atoms with Crippen LogP contribution >= 0.6 is 0 Å². The molecule has 0 amide bonds. The van der Waals surface area contributed by atoms with E-state index >= 15 is 0 Å². The number of ether oxygens (including phenoxy) is 1. The molecule has 0 radical (unpaired) electrons. The minimum Gasteiger partial charge on any atom is -0.493 e. The first kappa shape index (κ1) is 45.8. The lowest BCUT2D eigenvalue weighted by Gasteiger charge is -2.30. The lowest BCUT2D eigenvalue weighted by molar-refractivity contribution is -0.385. The lowest BCUT2D eigenvalue weighted by Crippen LogP contribution is -2.13. The van der Waals surface area contributed by atoms with Crippen LogP contribution in [0.25, 0.3) is 64.6 Å². The highest BCUT2D eigenvalue weighted by Crippen LogP contribution is 2.46. The molecule has 0 bridgehead atoms. The normalized spacial score (nSPS) is 11.7. The van der Waals surface area contributed by atoms with Crippen LogP contribution < -0.4 is 19.4 Å². The van der Waals surface area contributed by atoms with Crippen molar-refractivity contribution in [1.29, 1.82) is 0 Å². The van der Waals surface area contributed by atoms with Crippen LogP contribution in [0.1, 0.15) is 13.8 Å². The van der Waals surface area contributed by atoms with Crippen LogP contribution in [-0.2, 0) is 0 Å². The summed E-state index contributed by atoms with van der Waals surface area (Å²) in [7, 11) is 0. The maximum absolute atomic E-state index is 11.8. The molecule has 0 aromatic heterocycles. The second-order valence-electron chi connectivity index (χ2n) is 19.7. The molecule has 0 spiro atoms. The maximum Gasteiger partial charge on any atom is 0.269 e. The largest absolute Gasteiger partial charge is 0.493 e. The Morgan fingerprint density at radius 3 is 0.882 bits per heavy atom. The van der Waals surface area contributed by atoms with Gasteiger partial charge in [0.15, 0.2) is 0 Å². The molecule has 13 aromatic carbocycles. The van der Waals surface area contributed by atoms with Crippen molar-refractivity contribution in [1.82, 2.24) is 0 Å². The molecular weight excluding hydrogens is 943 g/mol. The van der Waals surface area contributed by atoms with E-state index in [0.717, 1.165) is 78.5 Å². The molecule has 0 aliphatic carbocycles. The third kappa shape index (κ3) is 8.09. The van der Waals surface area contributed by atoms with E-state index in [0.29, 0.717) is 12.5 Å². The average Bonchev–Trinajstić information content (AvgIpc) is 3.54. The highest BCUT2D eigenvalue weighted by molar-refractivity contribution is 6.25. The Bertz CT molecular complexity index is 3940. The third-order valence-corrected chi connectivity index (χ3v) is 14.5. The fraction of sp³-hybridized carbons (Fsp3) is 0.0606. The fourth-order valence-electron chi connectivity index (χ4n) is 11.0. The van der Waals surface area contributed by atoms with Crippen molar-refractivity contribution >= 4 is 127 Å². The fourth-order valence-corrected chi connectivity index (χ4v) is 11.0. The zero-order chi connectivity index (χ0) is 51.6. The second kappa shape index (κ2) is 18.5. The van der Waals surface area contributed by atoms with Gasteiger partial charge in [0.05, 0.1) is 16.5 Å². The number of benzene rings is 13. The third-order valence-electron chi connectivity index (χ3n) is 14.5. The molecule has 0 aliphatic heterocycles. The SMILES string of the molecule is CC(C)COc1ccc(N(c2ccc(N(c3ccc([N+](=O)[O-])cc3)c3cc4ccc5cccc6ccc(c3)c4c56)cc2)c2ccc(N(c3ccc([N+](=O)[O-])cc3)c3cc4ccc5cccc6ccc(c3)c4c56)cc2)cc1. The molecule has 0 N–H and O–H groups in total. The van der Waals surface area contributed by atoms with Crippen LogP contribution in [0.2, 0.25) is 0 Å². The van der Waals surface area contributed by atoms with Gasteiger partial charge in [0.1, 0.15) is 5.75 Å². The van der Waals surface area contributed by atoms with Crippen molar-refractivity contribution in [2.45, 2.75) is 13.8 Å². The molecule has 10 heteroatoms. The van der Waals surface area contributed by atoms with Crippen molar-refractivity contribution in [3.8, 4) is 5.75 Å². The number of nitrogens with zero attached hydrogens (tertiary/aromatic N) is 5. The molecule has 0 heterocycles. The number of hydrogen-bond donors (Lipinski definition) is 0. The van der Waals surface area contributed by atoms with Gasteiger partial charge < -0.3 is 19.4 Å². The van der Waals surface area contributed by atoms with Gasteiger partial charge in [-0.15, -0.1) is 0 Å². The standard InChI is InChI=1S/C66H47N5O5/c1-42(2)41-76-62-35-33-57(34-36-62)67(51-17-21-53(22-18-51)68(55-25-29-58(30-26-55)70(72)73)60-37-47-13-9-43-5-3-6-44-10-14-48(38-60)65(47)63(43)44)52-19-23-54(24-20-52)69(56-27-31-59(32-28-56)71(74)75)61-39-49-15-11-45-7-4-8-46-12-16-50(40-61)66(49)64(45)46/h3-40,42H,41H2,1-2H3. The summed E-state index contributed by atoms with van der Waals surface area (Å²) in [5.74, 6) is 1.15. The number of rotatable bonds is 14. The molecule has 76 heavy (non-hydrogen) atoms. The van der Waals surface area contributed by atoms with E-state index < -0.39 is 0 Å². The monoisotopic (exact) mass is 989 g/mol. The van der Waals surface area contributed by atoms with Gasteiger partial charge in [-0.2, -0.15) is 0 Å². The Labute approximate surface area is 437 Å². The predicted octanol–water partition coefficient (Wildman–Crippen LogP) is 18.7. The first-order valence-corrected chi connectivity index (χ1v) is 25.3. The molecule has 13 aromatic rings. The first-order chi connectivity index (χ1) is 37.1. The summed E-state index contributed by atoms with van der Waals surface area (Å²) in [4.78, 5) is 29.4. The van der Waals surface area contributed by atoms with Crippen LogP contribution in [0.5, 0.6) is 5.75 Å². The van der Waals surface area contributed by atoms with Crippen LogP contribution in [-0.4, -0.2) is 16.5 Å². The average molecular weight is 990 g/mol. The lowest BCUT2D eigenvalue weighted by atomic mass is 9.93. The van der Waals surface area contributed by atoms with Gasteiger partial charge in [-0.25, -0.2) is 0 Å². The number of anilines is 9. The van der Waals surface area contributed by atoms with Crippen molar-refractivity contribution in [2.24, 2.45) is 5.92 Å². The number of nitro groups is 2. The Hall–Kier alpha value is -10.1. The smallest absolute Gasteiger partial charge is 0.269 e. The van der Waals surface area contributed by atoms with Crippen molar-refractivity contribution in [3.05, 3.63) is 251 Å². The molecule has 0 saturated carbocycles. The summed E-state index contributed by atoms with van der Waals surface area (Å²) < 4.78 is 6.13. The van der Waals surface area contributed by atoms with E-state index in [-0.39, 0.29) is 21.2 Å². The van der Waals surface area contributed by atoms with Gasteiger partial charge in [-0.3, -0.25) is 20.2 Å². The Balaban J connectivity index is 0.918. The van der Waals surface area contributed by atoms with Crippen LogP contribution in [0.4, 0.5) is 62.6 Å². The van der Waals surface area contributed by atoms with Gasteiger partial charge in [0.2, 0.25) is 0 Å². The maximum atomic E-state index is 11.8. The predicted molar refractivity (Wildman–Crippen MR) is 312 cm³/mol. The van der Waals surface area contributed by atoms with Gasteiger partial charge in [0, 0.05) is 75.5 Å². The highest BCUT2D eigenvalue weighted by Gasteiger charge is 2.22. The number of non-ortho nitro benzene ring substituents is 2. The zero-order valence-corrected chi connectivity index (χ0v) is 41.5. The van der Waals surface area contributed by atoms with Gasteiger partial charge in [-0.1, -0.05) is 98.8 Å². The summed E-state index contributed by atoms with van der Waals surface area (Å²) in [6.07, 6.45) is 0. The van der Waals surface area contributed by atoms with Crippen LogP contribution in [0.15, 0.2) is 231 Å². The highest BCUT2D eigenvalue weighted by atomic mass is 16.6. The van der Waals surface area contributed by atoms with Crippen molar-refractivity contribution < 1.29 is 14.6 Å². The minimum absolute atomic E-state index is 0.0174. The molecule has 0 unspecified atom stereocenters. The van der Waals surface area contributed by atoms with Gasteiger partial charge in [-0.05, 0) is 192 Å². The van der Waals surface area contributed by atoms with E-state index in [1.54, 1.807) is 48.5 Å². The Kier molecular flexibility index (Phi) is 11.1. The van der Waals surface area contributed by atoms with E-state index in [2.05, 4.69) is 198 Å². The molecule has 0 fully saturated rings. The van der Waals surface area contributed by atoms with E-state index in [1.807, 2.05) is 12.1 Å². The van der Waals surface area contributed by atoms with E-state index in [9.17, 15) is 20.2 Å². The van der Waals surface area contributed by atoms with Crippen LogP contribution in [0, 0.1) is 26.1 Å². The molecule has 0 atom stereocenters. The Morgan fingerprint density at radius 2 is 0.592 bits per heavy atom. The summed E-state index contributed by atoms with van der Waals surface area (Å²) in [6.45, 7) is 4.85. The second-order valence-corrected chi connectivity index (χ2v) is 19.7. The summed E-state index contributed by atoms with van der Waals surface area (Å²) in [6, 6.07) is 77.2. The minimum atomic E-state index is -0.375. The summed E-state index contributed by atoms with van der Waals surface area (Å²) in [5.41, 5.74) is 7.85. The molecule has 0 aliphatic rings. The Morgan fingerprint density at radius 1 is 0.342 bits per heavy atom. The topological polar surface area (TPSA) is 105 Å². The molecule has 366 valence electrons. The van der Waals surface area contributed by atoms with Crippen LogP contribution in [0.3, 0.4) is 0 Å². The van der Waals surface area contributed by atoms with Crippen molar-refractivity contribution in [2.75, 3.05) is 21.3 Å². The summed E-state index contributed by atoms with van der Waals surface area (Å²) >= 11 is 0. The van der Waals surface area contributed by atoms with Crippen molar-refractivity contribution in [3.63, 3.8) is 0 Å². The molecular formula is C66H47N5O5. The van der Waals surface area contributed by atoms with E-state index in [4.69, 9.17) is 4.74 Å². The first-order valence-electron chi connectivity index (χ1n) is 25.3.